The third-order valence-corrected chi connectivity index (χ3v) is 10.2. The average Bonchev–Trinajstić information content (AvgIpc) is 3.64. The van der Waals surface area contributed by atoms with E-state index in [-0.39, 0.29) is 6.17 Å². The van der Waals surface area contributed by atoms with Gasteiger partial charge in [-0.25, -0.2) is 9.98 Å². The van der Waals surface area contributed by atoms with Crippen molar-refractivity contribution in [2.75, 3.05) is 0 Å². The Bertz CT molecular complexity index is 2830. The van der Waals surface area contributed by atoms with Crippen molar-refractivity contribution in [3.8, 4) is 33.4 Å². The first-order valence-electron chi connectivity index (χ1n) is 17.9. The number of aliphatic imine (C=N–C) groups is 2. The molecule has 10 rings (SSSR count). The Balaban J connectivity index is 1.08. The van der Waals surface area contributed by atoms with E-state index < -0.39 is 0 Å². The minimum atomic E-state index is -0.322. The summed E-state index contributed by atoms with van der Waals surface area (Å²) in [7, 11) is 0. The number of nitrogens with zero attached hydrogens (tertiary/aromatic N) is 2. The molecular formula is C49H33N3O. The topological polar surface area (TPSA) is 49.9 Å². The summed E-state index contributed by atoms with van der Waals surface area (Å²) in [6, 6.07) is 65.8. The lowest BCUT2D eigenvalue weighted by atomic mass is 9.96. The van der Waals surface area contributed by atoms with Gasteiger partial charge in [0.1, 0.15) is 23.2 Å². The van der Waals surface area contributed by atoms with Gasteiger partial charge in [0.2, 0.25) is 0 Å². The zero-order valence-electron chi connectivity index (χ0n) is 28.8. The van der Waals surface area contributed by atoms with Crippen LogP contribution in [0.15, 0.2) is 202 Å². The van der Waals surface area contributed by atoms with Crippen LogP contribution >= 0.6 is 0 Å². The predicted molar refractivity (Wildman–Crippen MR) is 219 cm³/mol. The summed E-state index contributed by atoms with van der Waals surface area (Å²) in [5.41, 5.74) is 11.5. The Kier molecular flexibility index (Phi) is 7.51. The van der Waals surface area contributed by atoms with Crippen molar-refractivity contribution in [1.82, 2.24) is 5.32 Å². The molecule has 53 heavy (non-hydrogen) atoms. The summed E-state index contributed by atoms with van der Waals surface area (Å²) in [4.78, 5) is 10.4. The molecule has 9 aromatic rings. The van der Waals surface area contributed by atoms with Crippen LogP contribution in [0.3, 0.4) is 0 Å². The van der Waals surface area contributed by atoms with E-state index in [0.29, 0.717) is 5.84 Å². The number of benzene rings is 8. The van der Waals surface area contributed by atoms with Gasteiger partial charge in [-0.3, -0.25) is 0 Å². The van der Waals surface area contributed by atoms with Gasteiger partial charge in [0.25, 0.3) is 0 Å². The number of hydrogen-bond donors (Lipinski definition) is 1. The molecule has 0 saturated heterocycles. The molecule has 0 bridgehead atoms. The second-order valence-corrected chi connectivity index (χ2v) is 13.4. The van der Waals surface area contributed by atoms with Crippen LogP contribution in [-0.4, -0.2) is 11.7 Å². The Morgan fingerprint density at radius 3 is 1.83 bits per heavy atom. The van der Waals surface area contributed by atoms with Crippen LogP contribution < -0.4 is 5.32 Å². The predicted octanol–water partition coefficient (Wildman–Crippen LogP) is 12.2. The average molecular weight is 680 g/mol. The first kappa shape index (κ1) is 30.8. The van der Waals surface area contributed by atoms with Gasteiger partial charge in [-0.15, -0.1) is 0 Å². The van der Waals surface area contributed by atoms with Gasteiger partial charge < -0.3 is 9.73 Å². The van der Waals surface area contributed by atoms with E-state index in [2.05, 4.69) is 169 Å². The maximum absolute atomic E-state index is 6.68. The zero-order valence-corrected chi connectivity index (χ0v) is 28.8. The number of furan rings is 1. The molecule has 0 saturated carbocycles. The highest BCUT2D eigenvalue weighted by atomic mass is 16.3. The van der Waals surface area contributed by atoms with Gasteiger partial charge in [0, 0.05) is 27.5 Å². The van der Waals surface area contributed by atoms with Crippen LogP contribution in [0.5, 0.6) is 0 Å². The van der Waals surface area contributed by atoms with Gasteiger partial charge in [0.05, 0.1) is 0 Å². The van der Waals surface area contributed by atoms with Gasteiger partial charge >= 0.3 is 0 Å². The molecule has 0 radical (unpaired) electrons. The SMILES string of the molecule is c1ccc(-c2ccc(-c3ccc(C4=NC(c5ccc(-c6ccc7ccccc7c6)cc5)=NC(c5ccccc5)N4)c4c3oc3ccccc34)cc2)cc1. The number of para-hydroxylation sites is 1. The van der Waals surface area contributed by atoms with Crippen LogP contribution in [0.1, 0.15) is 22.9 Å². The van der Waals surface area contributed by atoms with Gasteiger partial charge in [-0.05, 0) is 68.4 Å². The molecule has 1 N–H and O–H groups in total. The van der Waals surface area contributed by atoms with Crippen molar-refractivity contribution in [3.05, 3.63) is 205 Å². The summed E-state index contributed by atoms with van der Waals surface area (Å²) in [5.74, 6) is 1.43. The molecule has 0 amide bonds. The van der Waals surface area contributed by atoms with Gasteiger partial charge in [-0.1, -0.05) is 164 Å². The smallest absolute Gasteiger partial charge is 0.159 e. The Hall–Kier alpha value is -7.04. The molecule has 1 aliphatic rings. The van der Waals surface area contributed by atoms with Crippen molar-refractivity contribution in [2.45, 2.75) is 6.17 Å². The van der Waals surface area contributed by atoms with Gasteiger partial charge in [-0.2, -0.15) is 0 Å². The van der Waals surface area contributed by atoms with E-state index in [1.165, 1.54) is 27.5 Å². The third kappa shape index (κ3) is 5.67. The zero-order chi connectivity index (χ0) is 35.1. The van der Waals surface area contributed by atoms with E-state index in [1.54, 1.807) is 0 Å². The molecule has 0 fully saturated rings. The highest BCUT2D eigenvalue weighted by Gasteiger charge is 2.25. The van der Waals surface area contributed by atoms with E-state index in [9.17, 15) is 0 Å². The largest absolute Gasteiger partial charge is 0.455 e. The van der Waals surface area contributed by atoms with Crippen LogP contribution in [0.4, 0.5) is 0 Å². The minimum absolute atomic E-state index is 0.322. The summed E-state index contributed by atoms with van der Waals surface area (Å²) in [6.07, 6.45) is -0.322. The molecule has 8 aromatic carbocycles. The first-order chi connectivity index (χ1) is 26.2. The number of nitrogens with one attached hydrogen (secondary N) is 1. The standard InChI is InChI=1S/C49H33N3O/c1-3-11-32(12-4-1)34-19-24-36(25-20-34)41-29-30-43(45-42-17-9-10-18-44(42)53-46(41)45)49-51-47(37-14-5-2-6-15-37)50-48(52-49)38-26-21-35(22-27-38)40-28-23-33-13-7-8-16-39(33)31-40/h1-31,47H,(H,50,51,52). The third-order valence-electron chi connectivity index (χ3n) is 10.2. The monoisotopic (exact) mass is 679 g/mol. The Morgan fingerprint density at radius 2 is 1.04 bits per heavy atom. The molecular weight excluding hydrogens is 647 g/mol. The van der Waals surface area contributed by atoms with Crippen LogP contribution in [0.25, 0.3) is 66.1 Å². The maximum Gasteiger partial charge on any atom is 0.159 e. The van der Waals surface area contributed by atoms with Crippen LogP contribution in [-0.2, 0) is 0 Å². The normalized spacial score (nSPS) is 14.2. The second kappa shape index (κ2) is 12.9. The summed E-state index contributed by atoms with van der Waals surface area (Å²) >= 11 is 0. The summed E-state index contributed by atoms with van der Waals surface area (Å²) in [6.45, 7) is 0. The Morgan fingerprint density at radius 1 is 0.453 bits per heavy atom. The lowest BCUT2D eigenvalue weighted by Gasteiger charge is -2.24. The Labute approximate surface area is 307 Å². The molecule has 2 heterocycles. The molecule has 0 aliphatic carbocycles. The minimum Gasteiger partial charge on any atom is -0.455 e. The molecule has 1 aromatic heterocycles. The van der Waals surface area contributed by atoms with Crippen molar-refractivity contribution in [1.29, 1.82) is 0 Å². The van der Waals surface area contributed by atoms with Crippen molar-refractivity contribution in [2.24, 2.45) is 9.98 Å². The lowest BCUT2D eigenvalue weighted by Crippen LogP contribution is -2.33. The van der Waals surface area contributed by atoms with E-state index in [1.807, 2.05) is 24.3 Å². The molecule has 1 aliphatic heterocycles. The number of amidine groups is 2. The molecule has 0 spiro atoms. The fourth-order valence-corrected chi connectivity index (χ4v) is 7.43. The van der Waals surface area contributed by atoms with Crippen LogP contribution in [0, 0.1) is 0 Å². The molecule has 4 nitrogen and oxygen atoms in total. The molecule has 250 valence electrons. The summed E-state index contributed by atoms with van der Waals surface area (Å²) in [5, 5.41) is 8.23. The highest BCUT2D eigenvalue weighted by molar-refractivity contribution is 6.23. The molecule has 1 atom stereocenters. The first-order valence-corrected chi connectivity index (χ1v) is 17.9. The lowest BCUT2D eigenvalue weighted by molar-refractivity contribution is 0.668. The fourth-order valence-electron chi connectivity index (χ4n) is 7.43. The van der Waals surface area contributed by atoms with E-state index >= 15 is 0 Å². The number of hydrogen-bond acceptors (Lipinski definition) is 4. The number of fused-ring (bicyclic) bond motifs is 4. The van der Waals surface area contributed by atoms with E-state index in [0.717, 1.165) is 61.2 Å². The second-order valence-electron chi connectivity index (χ2n) is 13.4. The summed E-state index contributed by atoms with van der Waals surface area (Å²) < 4.78 is 6.68. The fraction of sp³-hybridized carbons (Fsp3) is 0.0204. The quantitative estimate of drug-likeness (QED) is 0.190. The van der Waals surface area contributed by atoms with Crippen molar-refractivity contribution >= 4 is 44.4 Å². The number of rotatable bonds is 6. The van der Waals surface area contributed by atoms with Crippen molar-refractivity contribution in [3.63, 3.8) is 0 Å². The van der Waals surface area contributed by atoms with E-state index in [4.69, 9.17) is 14.4 Å². The molecule has 1 unspecified atom stereocenters. The van der Waals surface area contributed by atoms with Crippen molar-refractivity contribution < 1.29 is 4.42 Å². The van der Waals surface area contributed by atoms with Gasteiger partial charge in [0.15, 0.2) is 5.84 Å². The molecule has 4 heteroatoms. The maximum atomic E-state index is 6.68. The highest BCUT2D eigenvalue weighted by Crippen LogP contribution is 2.39. The van der Waals surface area contributed by atoms with Crippen LogP contribution in [0.2, 0.25) is 0 Å².